The van der Waals surface area contributed by atoms with Crippen LogP contribution >= 0.6 is 15.9 Å². The molecule has 126 valence electrons. The first-order chi connectivity index (χ1) is 10.9. The van der Waals surface area contributed by atoms with Crippen LogP contribution in [0, 0.1) is 28.6 Å². The highest BCUT2D eigenvalue weighted by molar-refractivity contribution is 9.10. The van der Waals surface area contributed by atoms with Gasteiger partial charge in [-0.3, -0.25) is 4.79 Å². The van der Waals surface area contributed by atoms with Crippen LogP contribution in [0.15, 0.2) is 23.8 Å². The molecule has 0 saturated heterocycles. The van der Waals surface area contributed by atoms with Gasteiger partial charge in [0.05, 0.1) is 4.32 Å². The molecule has 4 aliphatic carbocycles. The van der Waals surface area contributed by atoms with E-state index in [2.05, 4.69) is 54.9 Å². The smallest absolute Gasteiger partial charge is 0.151 e. The van der Waals surface area contributed by atoms with Crippen molar-refractivity contribution >= 4 is 21.7 Å². The molecule has 3 saturated carbocycles. The van der Waals surface area contributed by atoms with E-state index in [0.717, 1.165) is 18.8 Å². The fourth-order valence-electron chi connectivity index (χ4n) is 6.84. The molecule has 0 aromatic heterocycles. The molecule has 0 unspecified atom stereocenters. The van der Waals surface area contributed by atoms with Crippen molar-refractivity contribution in [3.8, 4) is 0 Å². The first kappa shape index (κ1) is 16.1. The monoisotopic (exact) mass is 376 g/mol. The van der Waals surface area contributed by atoms with Crippen LogP contribution in [0.5, 0.6) is 0 Å². The maximum Gasteiger partial charge on any atom is 0.151 e. The summed E-state index contributed by atoms with van der Waals surface area (Å²) >= 11 is 4.10. The Labute approximate surface area is 149 Å². The zero-order chi connectivity index (χ0) is 16.5. The van der Waals surface area contributed by atoms with E-state index >= 15 is 0 Å². The molecule has 0 bridgehead atoms. The van der Waals surface area contributed by atoms with Gasteiger partial charge in [0.2, 0.25) is 0 Å². The summed E-state index contributed by atoms with van der Waals surface area (Å²) in [6, 6.07) is 0. The highest BCUT2D eigenvalue weighted by atomic mass is 79.9. The fourth-order valence-corrected chi connectivity index (χ4v) is 7.92. The average Bonchev–Trinajstić information content (AvgIpc) is 2.84. The van der Waals surface area contributed by atoms with Gasteiger partial charge in [-0.1, -0.05) is 66.9 Å². The molecule has 23 heavy (non-hydrogen) atoms. The number of carbonyl (C=O) groups excluding carboxylic acids is 1. The van der Waals surface area contributed by atoms with Gasteiger partial charge in [0.15, 0.2) is 5.78 Å². The molecule has 0 N–H and O–H groups in total. The first-order valence-corrected chi connectivity index (χ1v) is 10.3. The van der Waals surface area contributed by atoms with Crippen LogP contribution < -0.4 is 0 Å². The lowest BCUT2D eigenvalue weighted by molar-refractivity contribution is -0.137. The van der Waals surface area contributed by atoms with Gasteiger partial charge in [0.25, 0.3) is 0 Å². The Morgan fingerprint density at radius 2 is 2.00 bits per heavy atom. The third kappa shape index (κ3) is 1.82. The minimum Gasteiger partial charge on any atom is -0.298 e. The van der Waals surface area contributed by atoms with Gasteiger partial charge < -0.3 is 0 Å². The molecule has 4 aliphatic rings. The summed E-state index contributed by atoms with van der Waals surface area (Å²) in [7, 11) is 0. The number of Topliss-reactive ketones (excluding diaryl/α,β-unsaturated/α-hetero) is 1. The molecule has 6 atom stereocenters. The number of rotatable bonds is 1. The van der Waals surface area contributed by atoms with Crippen LogP contribution in [-0.2, 0) is 4.79 Å². The van der Waals surface area contributed by atoms with E-state index in [1.807, 2.05) is 0 Å². The number of halogens is 1. The Kier molecular flexibility index (Phi) is 3.55. The lowest BCUT2D eigenvalue weighted by atomic mass is 9.47. The number of hydrogen-bond acceptors (Lipinski definition) is 1. The van der Waals surface area contributed by atoms with Crippen LogP contribution in [0.4, 0.5) is 0 Å². The van der Waals surface area contributed by atoms with Gasteiger partial charge in [-0.25, -0.2) is 0 Å². The molecule has 0 amide bonds. The number of carbonyl (C=O) groups is 1. The second-order valence-corrected chi connectivity index (χ2v) is 10.1. The van der Waals surface area contributed by atoms with Crippen molar-refractivity contribution in [3.05, 3.63) is 23.8 Å². The van der Waals surface area contributed by atoms with Gasteiger partial charge >= 0.3 is 0 Å². The third-order valence-corrected chi connectivity index (χ3v) is 10.00. The molecule has 0 radical (unpaired) electrons. The molecular formula is C21H29BrO. The summed E-state index contributed by atoms with van der Waals surface area (Å²) in [5, 5.41) is 0. The largest absolute Gasteiger partial charge is 0.298 e. The summed E-state index contributed by atoms with van der Waals surface area (Å²) < 4.78 is -0.367. The Bertz CT molecular complexity index is 605. The second-order valence-electron chi connectivity index (χ2n) is 8.82. The van der Waals surface area contributed by atoms with Crippen molar-refractivity contribution in [2.45, 2.75) is 70.0 Å². The Morgan fingerprint density at radius 3 is 2.74 bits per heavy atom. The molecule has 4 rings (SSSR count). The zero-order valence-corrected chi connectivity index (χ0v) is 16.3. The third-order valence-electron chi connectivity index (χ3n) is 8.14. The molecule has 2 heteroatoms. The summed E-state index contributed by atoms with van der Waals surface area (Å²) in [5.74, 6) is 2.41. The fraction of sp³-hybridized carbons (Fsp3) is 0.762. The van der Waals surface area contributed by atoms with Crippen LogP contribution in [0.1, 0.15) is 65.7 Å². The topological polar surface area (TPSA) is 17.1 Å². The second kappa shape index (κ2) is 5.07. The van der Waals surface area contributed by atoms with E-state index < -0.39 is 0 Å². The van der Waals surface area contributed by atoms with Crippen LogP contribution in [0.2, 0.25) is 0 Å². The van der Waals surface area contributed by atoms with Crippen molar-refractivity contribution in [2.24, 2.45) is 28.6 Å². The van der Waals surface area contributed by atoms with Crippen LogP contribution in [-0.4, -0.2) is 10.1 Å². The van der Waals surface area contributed by atoms with Gasteiger partial charge in [-0.15, -0.1) is 0 Å². The highest BCUT2D eigenvalue weighted by Crippen LogP contribution is 2.69. The van der Waals surface area contributed by atoms with E-state index in [1.165, 1.54) is 37.7 Å². The predicted octanol–water partition coefficient (Wildman–Crippen LogP) is 5.84. The molecular weight excluding hydrogens is 348 g/mol. The van der Waals surface area contributed by atoms with E-state index in [-0.39, 0.29) is 15.2 Å². The standard InChI is InChI=1S/C21H29BrO/c1-4-14-8-10-16-17-11-9-15-7-5-6-12-20(15,3)21(17,22)18(23)13-19(14,16)2/h6-7,12,14,16-17H,4-5,8-11,13H2,1-3H3/t14-,16-,17-,19+,20-,21-/m0/s1. The average molecular weight is 377 g/mol. The van der Waals surface area contributed by atoms with Crippen LogP contribution in [0.3, 0.4) is 0 Å². The summed E-state index contributed by atoms with van der Waals surface area (Å²) in [6.07, 6.45) is 15.0. The highest BCUT2D eigenvalue weighted by Gasteiger charge is 2.68. The number of ketones is 1. The molecule has 0 heterocycles. The van der Waals surface area contributed by atoms with Gasteiger partial charge in [0.1, 0.15) is 0 Å². The number of alkyl halides is 1. The maximum atomic E-state index is 13.5. The Balaban J connectivity index is 1.82. The number of allylic oxidation sites excluding steroid dienone is 4. The van der Waals surface area contributed by atoms with Crippen LogP contribution in [0.25, 0.3) is 0 Å². The Morgan fingerprint density at radius 1 is 1.22 bits per heavy atom. The minimum atomic E-state index is -0.367. The Hall–Kier alpha value is -0.370. The lowest BCUT2D eigenvalue weighted by Gasteiger charge is -2.60. The lowest BCUT2D eigenvalue weighted by Crippen LogP contribution is -2.63. The van der Waals surface area contributed by atoms with Crippen molar-refractivity contribution in [1.29, 1.82) is 0 Å². The quantitative estimate of drug-likeness (QED) is 0.415. The van der Waals surface area contributed by atoms with Crippen molar-refractivity contribution in [2.75, 3.05) is 0 Å². The normalized spacial score (nSPS) is 51.7. The van der Waals surface area contributed by atoms with E-state index in [4.69, 9.17) is 0 Å². The molecule has 0 spiro atoms. The first-order valence-electron chi connectivity index (χ1n) is 9.47. The summed E-state index contributed by atoms with van der Waals surface area (Å²) in [4.78, 5) is 13.5. The van der Waals surface area contributed by atoms with Crippen molar-refractivity contribution < 1.29 is 4.79 Å². The number of hydrogen-bond donors (Lipinski definition) is 0. The zero-order valence-electron chi connectivity index (χ0n) is 14.7. The SMILES string of the molecule is CC[C@H]1CC[C@H]2[C@@H]3CCC4=CCC=C[C@]4(C)[C@@]3(Br)C(=O)C[C@]12C. The maximum absolute atomic E-state index is 13.5. The number of fused-ring (bicyclic) bond motifs is 5. The molecule has 3 fully saturated rings. The van der Waals surface area contributed by atoms with E-state index in [9.17, 15) is 4.79 Å². The van der Waals surface area contributed by atoms with E-state index in [1.54, 1.807) is 0 Å². The summed E-state index contributed by atoms with van der Waals surface area (Å²) in [5.41, 5.74) is 1.62. The molecule has 0 aromatic carbocycles. The molecule has 0 aliphatic heterocycles. The van der Waals surface area contributed by atoms with Gasteiger partial charge in [-0.05, 0) is 55.3 Å². The predicted molar refractivity (Wildman–Crippen MR) is 98.6 cm³/mol. The summed E-state index contributed by atoms with van der Waals surface area (Å²) in [6.45, 7) is 7.04. The van der Waals surface area contributed by atoms with Crippen molar-refractivity contribution in [1.82, 2.24) is 0 Å². The van der Waals surface area contributed by atoms with Gasteiger partial charge in [0, 0.05) is 11.8 Å². The van der Waals surface area contributed by atoms with E-state index in [0.29, 0.717) is 17.6 Å². The van der Waals surface area contributed by atoms with Crippen molar-refractivity contribution in [3.63, 3.8) is 0 Å². The van der Waals surface area contributed by atoms with Gasteiger partial charge in [-0.2, -0.15) is 0 Å². The minimum absolute atomic E-state index is 0.114. The molecule has 1 nitrogen and oxygen atoms in total. The molecule has 0 aromatic rings.